The number of aryl methyl sites for hydroxylation is 1. The number of hydrogen-bond acceptors (Lipinski definition) is 2. The van der Waals surface area contributed by atoms with Gasteiger partial charge in [-0.15, -0.1) is 0 Å². The summed E-state index contributed by atoms with van der Waals surface area (Å²) in [6.45, 7) is 4.57. The average Bonchev–Trinajstić information content (AvgIpc) is 2.75. The summed E-state index contributed by atoms with van der Waals surface area (Å²) in [5, 5.41) is 4.07. The Labute approximate surface area is 103 Å². The van der Waals surface area contributed by atoms with E-state index in [1.54, 1.807) is 10.9 Å². The molecule has 0 atom stereocenters. The molecule has 0 aromatic carbocycles. The second-order valence-electron chi connectivity index (χ2n) is 5.62. The van der Waals surface area contributed by atoms with Crippen molar-refractivity contribution in [2.45, 2.75) is 39.5 Å². The Hall–Kier alpha value is -1.12. The molecule has 1 saturated carbocycles. The highest BCUT2D eigenvalue weighted by molar-refractivity contribution is 5.97. The molecular weight excluding hydrogens is 212 g/mol. The van der Waals surface area contributed by atoms with Crippen LogP contribution < -0.4 is 0 Å². The van der Waals surface area contributed by atoms with Crippen LogP contribution in [0.4, 0.5) is 0 Å². The number of ketones is 1. The fraction of sp³-hybridized carbons (Fsp3) is 0.714. The Balaban J connectivity index is 1.95. The molecule has 2 rings (SSSR count). The molecule has 0 unspecified atom stereocenters. The van der Waals surface area contributed by atoms with Crippen LogP contribution in [0.2, 0.25) is 0 Å². The Bertz CT molecular complexity index is 387. The van der Waals surface area contributed by atoms with Gasteiger partial charge in [-0.05, 0) is 37.5 Å². The van der Waals surface area contributed by atoms with Gasteiger partial charge >= 0.3 is 0 Å². The van der Waals surface area contributed by atoms with Crippen LogP contribution >= 0.6 is 0 Å². The first kappa shape index (κ1) is 12.3. The van der Waals surface area contributed by atoms with Gasteiger partial charge in [0.25, 0.3) is 0 Å². The summed E-state index contributed by atoms with van der Waals surface area (Å²) in [4.78, 5) is 12.2. The van der Waals surface area contributed by atoms with E-state index in [0.29, 0.717) is 5.78 Å². The number of rotatable bonds is 3. The van der Waals surface area contributed by atoms with Crippen molar-refractivity contribution in [3.05, 3.63) is 18.0 Å². The first-order valence-corrected chi connectivity index (χ1v) is 6.60. The lowest BCUT2D eigenvalue weighted by molar-refractivity contribution is 0.0859. The van der Waals surface area contributed by atoms with Crippen molar-refractivity contribution >= 4 is 5.78 Å². The number of hydrogen-bond donors (Lipinski definition) is 0. The summed E-state index contributed by atoms with van der Waals surface area (Å²) in [6.07, 6.45) is 8.03. The Kier molecular flexibility index (Phi) is 3.65. The maximum Gasteiger partial charge on any atom is 0.169 e. The first-order valence-electron chi connectivity index (χ1n) is 6.60. The van der Waals surface area contributed by atoms with Crippen LogP contribution in [0.25, 0.3) is 0 Å². The summed E-state index contributed by atoms with van der Waals surface area (Å²) < 4.78 is 1.70. The van der Waals surface area contributed by atoms with Crippen molar-refractivity contribution in [1.29, 1.82) is 0 Å². The number of aromatic nitrogens is 2. The zero-order valence-electron chi connectivity index (χ0n) is 11.0. The minimum absolute atomic E-state index is 0.231. The third-order valence-electron chi connectivity index (χ3n) is 4.07. The summed E-state index contributed by atoms with van der Waals surface area (Å²) in [5.74, 6) is 2.09. The second-order valence-corrected chi connectivity index (χ2v) is 5.62. The van der Waals surface area contributed by atoms with Crippen molar-refractivity contribution in [2.75, 3.05) is 0 Å². The molecule has 0 radical (unpaired) electrons. The fourth-order valence-electron chi connectivity index (χ4n) is 2.83. The van der Waals surface area contributed by atoms with E-state index in [1.807, 2.05) is 13.2 Å². The van der Waals surface area contributed by atoms with E-state index in [9.17, 15) is 4.79 Å². The molecule has 1 aromatic rings. The van der Waals surface area contributed by atoms with Crippen molar-refractivity contribution in [3.8, 4) is 0 Å². The lowest BCUT2D eigenvalue weighted by Gasteiger charge is -2.29. The Morgan fingerprint density at radius 1 is 1.35 bits per heavy atom. The highest BCUT2D eigenvalue weighted by Gasteiger charge is 2.28. The lowest BCUT2D eigenvalue weighted by atomic mass is 9.75. The predicted molar refractivity (Wildman–Crippen MR) is 67.8 cm³/mol. The van der Waals surface area contributed by atoms with E-state index in [4.69, 9.17) is 0 Å². The van der Waals surface area contributed by atoms with E-state index in [2.05, 4.69) is 18.9 Å². The van der Waals surface area contributed by atoms with E-state index in [-0.39, 0.29) is 5.92 Å². The van der Waals surface area contributed by atoms with Crippen molar-refractivity contribution < 1.29 is 4.79 Å². The molecule has 1 aromatic heterocycles. The minimum Gasteiger partial charge on any atom is -0.294 e. The number of Topliss-reactive ketones (excluding diaryl/α,β-unsaturated/α-hetero) is 1. The van der Waals surface area contributed by atoms with Crippen LogP contribution in [0.1, 0.15) is 49.9 Å². The van der Waals surface area contributed by atoms with Crippen LogP contribution in [-0.4, -0.2) is 15.6 Å². The van der Waals surface area contributed by atoms with Gasteiger partial charge in [0.15, 0.2) is 5.78 Å². The monoisotopic (exact) mass is 234 g/mol. The minimum atomic E-state index is 0.231. The smallest absolute Gasteiger partial charge is 0.169 e. The molecule has 3 heteroatoms. The molecule has 0 amide bonds. The van der Waals surface area contributed by atoms with Gasteiger partial charge in [-0.2, -0.15) is 5.10 Å². The largest absolute Gasteiger partial charge is 0.294 e. The number of nitrogens with zero attached hydrogens (tertiary/aromatic N) is 2. The van der Waals surface area contributed by atoms with Gasteiger partial charge in [0.05, 0.1) is 11.8 Å². The lowest BCUT2D eigenvalue weighted by Crippen LogP contribution is -2.24. The molecule has 0 aliphatic heterocycles. The highest BCUT2D eigenvalue weighted by Crippen LogP contribution is 2.34. The molecule has 94 valence electrons. The average molecular weight is 234 g/mol. The van der Waals surface area contributed by atoms with Crippen LogP contribution in [-0.2, 0) is 7.05 Å². The molecule has 0 saturated heterocycles. The van der Waals surface area contributed by atoms with Crippen LogP contribution in [0, 0.1) is 17.8 Å². The predicted octanol–water partition coefficient (Wildman–Crippen LogP) is 3.07. The molecule has 3 nitrogen and oxygen atoms in total. The van der Waals surface area contributed by atoms with Crippen molar-refractivity contribution in [3.63, 3.8) is 0 Å². The Morgan fingerprint density at radius 2 is 2.00 bits per heavy atom. The molecule has 1 heterocycles. The summed E-state index contributed by atoms with van der Waals surface area (Å²) in [6, 6.07) is 0. The van der Waals surface area contributed by atoms with Gasteiger partial charge in [-0.3, -0.25) is 9.48 Å². The molecular formula is C14H22N2O. The zero-order chi connectivity index (χ0) is 12.4. The SMILES string of the molecule is CC(C)C1CCC(C(=O)c2cnn(C)c2)CC1. The second kappa shape index (κ2) is 5.03. The first-order chi connectivity index (χ1) is 8.08. The van der Waals surface area contributed by atoms with Crippen LogP contribution in [0.3, 0.4) is 0 Å². The highest BCUT2D eigenvalue weighted by atomic mass is 16.1. The molecule has 17 heavy (non-hydrogen) atoms. The van der Waals surface area contributed by atoms with Gasteiger partial charge in [0.1, 0.15) is 0 Å². The fourth-order valence-corrected chi connectivity index (χ4v) is 2.83. The topological polar surface area (TPSA) is 34.9 Å². The normalized spacial score (nSPS) is 25.2. The standard InChI is InChI=1S/C14H22N2O/c1-10(2)11-4-6-12(7-5-11)14(17)13-8-15-16(3)9-13/h8-12H,4-7H2,1-3H3. The number of carbonyl (C=O) groups is 1. The van der Waals surface area contributed by atoms with E-state index < -0.39 is 0 Å². The van der Waals surface area contributed by atoms with Crippen molar-refractivity contribution in [1.82, 2.24) is 9.78 Å². The Morgan fingerprint density at radius 3 is 2.47 bits per heavy atom. The van der Waals surface area contributed by atoms with Gasteiger partial charge < -0.3 is 0 Å². The van der Waals surface area contributed by atoms with Gasteiger partial charge in [0.2, 0.25) is 0 Å². The van der Waals surface area contributed by atoms with Gasteiger partial charge in [-0.25, -0.2) is 0 Å². The third kappa shape index (κ3) is 2.76. The van der Waals surface area contributed by atoms with E-state index in [0.717, 1.165) is 30.2 Å². The number of carbonyl (C=O) groups excluding carboxylic acids is 1. The summed E-state index contributed by atoms with van der Waals surface area (Å²) in [5.41, 5.74) is 0.778. The molecule has 0 spiro atoms. The molecule has 0 bridgehead atoms. The van der Waals surface area contributed by atoms with E-state index >= 15 is 0 Å². The maximum atomic E-state index is 12.2. The summed E-state index contributed by atoms with van der Waals surface area (Å²) >= 11 is 0. The zero-order valence-corrected chi connectivity index (χ0v) is 11.0. The molecule has 1 aliphatic carbocycles. The summed E-state index contributed by atoms with van der Waals surface area (Å²) in [7, 11) is 1.85. The molecule has 1 aliphatic rings. The van der Waals surface area contributed by atoms with Gasteiger partial charge in [0, 0.05) is 19.2 Å². The van der Waals surface area contributed by atoms with Crippen LogP contribution in [0.15, 0.2) is 12.4 Å². The van der Waals surface area contributed by atoms with Gasteiger partial charge in [-0.1, -0.05) is 13.8 Å². The van der Waals surface area contributed by atoms with Crippen LogP contribution in [0.5, 0.6) is 0 Å². The molecule has 0 N–H and O–H groups in total. The molecule has 1 fully saturated rings. The third-order valence-corrected chi connectivity index (χ3v) is 4.07. The quantitative estimate of drug-likeness (QED) is 0.753. The van der Waals surface area contributed by atoms with E-state index in [1.165, 1.54) is 12.8 Å². The van der Waals surface area contributed by atoms with Crippen molar-refractivity contribution in [2.24, 2.45) is 24.8 Å². The maximum absolute atomic E-state index is 12.2.